The van der Waals surface area contributed by atoms with Crippen LogP contribution in [0.5, 0.6) is 0 Å². The Kier molecular flexibility index (Phi) is 5.55. The van der Waals surface area contributed by atoms with Gasteiger partial charge in [-0.15, -0.1) is 0 Å². The van der Waals surface area contributed by atoms with Gasteiger partial charge in [-0.2, -0.15) is 10.4 Å². The fourth-order valence-electron chi connectivity index (χ4n) is 3.68. The van der Waals surface area contributed by atoms with E-state index in [0.29, 0.717) is 34.8 Å². The van der Waals surface area contributed by atoms with Crippen molar-refractivity contribution in [3.63, 3.8) is 0 Å². The van der Waals surface area contributed by atoms with Gasteiger partial charge in [0.05, 0.1) is 11.6 Å². The van der Waals surface area contributed by atoms with Crippen molar-refractivity contribution in [2.75, 3.05) is 18.0 Å². The first-order valence-electron chi connectivity index (χ1n) is 10.00. The van der Waals surface area contributed by atoms with Crippen LogP contribution in [0.4, 0.5) is 5.82 Å². The number of carbonyl (C=O) groups excluding carboxylic acids is 1. The highest BCUT2D eigenvalue weighted by atomic mass is 16.1. The number of carbonyl (C=O) groups is 1. The highest BCUT2D eigenvalue weighted by Gasteiger charge is 2.23. The van der Waals surface area contributed by atoms with Crippen LogP contribution in [-0.4, -0.2) is 38.6 Å². The van der Waals surface area contributed by atoms with Crippen LogP contribution in [0, 0.1) is 11.3 Å². The monoisotopic (exact) mass is 401 g/mol. The molecule has 8 heteroatoms. The molecule has 0 atom stereocenters. The minimum atomic E-state index is -0.216. The van der Waals surface area contributed by atoms with Crippen molar-refractivity contribution < 1.29 is 4.79 Å². The number of piperidine rings is 1. The van der Waals surface area contributed by atoms with Crippen LogP contribution >= 0.6 is 0 Å². The zero-order valence-electron chi connectivity index (χ0n) is 16.9. The molecule has 0 aliphatic carbocycles. The second-order valence-corrected chi connectivity index (χ2v) is 7.38. The summed E-state index contributed by atoms with van der Waals surface area (Å²) in [5.74, 6) is 1.01. The molecule has 0 spiro atoms. The second-order valence-electron chi connectivity index (χ2n) is 7.38. The maximum absolute atomic E-state index is 13.5. The maximum Gasteiger partial charge on any atom is 0.211 e. The fourth-order valence-corrected chi connectivity index (χ4v) is 3.68. The number of aryl methyl sites for hydroxylation is 1. The lowest BCUT2D eigenvalue weighted by Gasteiger charge is -2.26. The van der Waals surface area contributed by atoms with Crippen molar-refractivity contribution >= 4 is 11.6 Å². The van der Waals surface area contributed by atoms with Crippen molar-refractivity contribution in [3.8, 4) is 17.5 Å². The van der Waals surface area contributed by atoms with Gasteiger partial charge in [-0.3, -0.25) is 9.48 Å². The Bertz CT molecular complexity index is 1110. The van der Waals surface area contributed by atoms with Gasteiger partial charge in [0.1, 0.15) is 5.69 Å². The molecule has 2 N–H and O–H groups in total. The van der Waals surface area contributed by atoms with E-state index in [2.05, 4.69) is 26.0 Å². The quantitative estimate of drug-likeness (QED) is 0.653. The summed E-state index contributed by atoms with van der Waals surface area (Å²) in [6.07, 6.45) is 6.78. The number of aromatic nitrogens is 4. The molecule has 4 rings (SSSR count). The lowest BCUT2D eigenvalue weighted by molar-refractivity contribution is 0.103. The summed E-state index contributed by atoms with van der Waals surface area (Å²) >= 11 is 0. The number of hydrogen-bond donors (Lipinski definition) is 1. The van der Waals surface area contributed by atoms with E-state index in [0.717, 1.165) is 37.3 Å². The molecule has 3 heterocycles. The van der Waals surface area contributed by atoms with Crippen LogP contribution in [0.1, 0.15) is 46.4 Å². The number of nitriles is 1. The lowest BCUT2D eigenvalue weighted by Crippen LogP contribution is -2.29. The third-order valence-corrected chi connectivity index (χ3v) is 5.35. The van der Waals surface area contributed by atoms with Crippen LogP contribution in [-0.2, 0) is 13.6 Å². The van der Waals surface area contributed by atoms with E-state index in [1.165, 1.54) is 6.42 Å². The zero-order chi connectivity index (χ0) is 21.1. The van der Waals surface area contributed by atoms with E-state index in [9.17, 15) is 10.1 Å². The molecule has 1 fully saturated rings. The van der Waals surface area contributed by atoms with Gasteiger partial charge in [0.25, 0.3) is 0 Å². The van der Waals surface area contributed by atoms with Crippen LogP contribution in [0.2, 0.25) is 0 Å². The Morgan fingerprint density at radius 3 is 2.57 bits per heavy atom. The SMILES string of the molecule is Cn1nc(N2CCCCC2)cc1C(=O)c1cc(C#N)ccc1-c1ncc(CN)cn1. The van der Waals surface area contributed by atoms with Crippen molar-refractivity contribution in [1.29, 1.82) is 5.26 Å². The number of ketones is 1. The average Bonchev–Trinajstić information content (AvgIpc) is 3.20. The van der Waals surface area contributed by atoms with Gasteiger partial charge in [0, 0.05) is 61.8 Å². The highest BCUT2D eigenvalue weighted by molar-refractivity contribution is 6.12. The first kappa shape index (κ1) is 19.7. The minimum Gasteiger partial charge on any atom is -0.355 e. The van der Waals surface area contributed by atoms with Crippen LogP contribution in [0.25, 0.3) is 11.4 Å². The molecule has 1 saturated heterocycles. The summed E-state index contributed by atoms with van der Waals surface area (Å²) in [4.78, 5) is 24.4. The van der Waals surface area contributed by atoms with Gasteiger partial charge in [0.15, 0.2) is 11.6 Å². The first-order chi connectivity index (χ1) is 14.6. The molecule has 0 amide bonds. The summed E-state index contributed by atoms with van der Waals surface area (Å²) in [7, 11) is 1.76. The molecule has 0 bridgehead atoms. The number of benzene rings is 1. The molecular formula is C22H23N7O. The van der Waals surface area contributed by atoms with Crippen LogP contribution < -0.4 is 10.6 Å². The molecule has 1 aromatic carbocycles. The van der Waals surface area contributed by atoms with Gasteiger partial charge in [-0.25, -0.2) is 9.97 Å². The minimum absolute atomic E-state index is 0.216. The molecule has 152 valence electrons. The van der Waals surface area contributed by atoms with Gasteiger partial charge in [-0.05, 0) is 37.5 Å². The Morgan fingerprint density at radius 2 is 1.90 bits per heavy atom. The van der Waals surface area contributed by atoms with Crippen molar-refractivity contribution in [1.82, 2.24) is 19.7 Å². The predicted octanol–water partition coefficient (Wildman–Crippen LogP) is 2.43. The Balaban J connectivity index is 1.74. The van der Waals surface area contributed by atoms with E-state index >= 15 is 0 Å². The van der Waals surface area contributed by atoms with Crippen molar-refractivity contribution in [3.05, 3.63) is 59.0 Å². The molecule has 3 aromatic rings. The second kappa shape index (κ2) is 8.43. The van der Waals surface area contributed by atoms with Gasteiger partial charge < -0.3 is 10.6 Å². The molecule has 1 aliphatic heterocycles. The van der Waals surface area contributed by atoms with Crippen molar-refractivity contribution in [2.45, 2.75) is 25.8 Å². The molecule has 0 unspecified atom stereocenters. The maximum atomic E-state index is 13.5. The number of nitrogens with zero attached hydrogens (tertiary/aromatic N) is 6. The van der Waals surface area contributed by atoms with Crippen LogP contribution in [0.3, 0.4) is 0 Å². The standard InChI is InChI=1S/C22H23N7O/c1-28-19(10-20(27-28)29-7-3-2-4-8-29)21(30)18-9-15(11-23)5-6-17(18)22-25-13-16(12-24)14-26-22/h5-6,9-10,13-14H,2-4,7-8,12,24H2,1H3. The summed E-state index contributed by atoms with van der Waals surface area (Å²) < 4.78 is 1.60. The summed E-state index contributed by atoms with van der Waals surface area (Å²) in [6.45, 7) is 2.23. The molecular weight excluding hydrogens is 378 g/mol. The summed E-state index contributed by atoms with van der Waals surface area (Å²) in [5.41, 5.74) is 8.25. The number of rotatable bonds is 5. The van der Waals surface area contributed by atoms with E-state index in [1.807, 2.05) is 6.07 Å². The molecule has 1 aliphatic rings. The van der Waals surface area contributed by atoms with Crippen molar-refractivity contribution in [2.24, 2.45) is 12.8 Å². The predicted molar refractivity (Wildman–Crippen MR) is 113 cm³/mol. The Labute approximate surface area is 175 Å². The number of nitrogens with two attached hydrogens (primary N) is 1. The topological polar surface area (TPSA) is 114 Å². The Hall–Kier alpha value is -3.57. The fraction of sp³-hybridized carbons (Fsp3) is 0.318. The van der Waals surface area contributed by atoms with E-state index in [4.69, 9.17) is 5.73 Å². The number of hydrogen-bond acceptors (Lipinski definition) is 7. The van der Waals surface area contributed by atoms with Gasteiger partial charge in [0.2, 0.25) is 5.78 Å². The normalized spacial score (nSPS) is 13.8. The lowest BCUT2D eigenvalue weighted by atomic mass is 9.98. The van der Waals surface area contributed by atoms with Crippen LogP contribution in [0.15, 0.2) is 36.7 Å². The number of anilines is 1. The van der Waals surface area contributed by atoms with E-state index in [1.54, 1.807) is 42.3 Å². The summed E-state index contributed by atoms with van der Waals surface area (Å²) in [6, 6.07) is 8.89. The molecule has 30 heavy (non-hydrogen) atoms. The third-order valence-electron chi connectivity index (χ3n) is 5.35. The third kappa shape index (κ3) is 3.80. The molecule has 2 aromatic heterocycles. The molecule has 0 saturated carbocycles. The van der Waals surface area contributed by atoms with E-state index in [-0.39, 0.29) is 5.78 Å². The zero-order valence-corrected chi connectivity index (χ0v) is 16.9. The van der Waals surface area contributed by atoms with Gasteiger partial charge in [-0.1, -0.05) is 0 Å². The van der Waals surface area contributed by atoms with Gasteiger partial charge >= 0.3 is 0 Å². The van der Waals surface area contributed by atoms with E-state index < -0.39 is 0 Å². The summed E-state index contributed by atoms with van der Waals surface area (Å²) in [5, 5.41) is 13.9. The smallest absolute Gasteiger partial charge is 0.211 e. The largest absolute Gasteiger partial charge is 0.355 e. The molecule has 0 radical (unpaired) electrons. The highest BCUT2D eigenvalue weighted by Crippen LogP contribution is 2.26. The molecule has 8 nitrogen and oxygen atoms in total. The Morgan fingerprint density at radius 1 is 1.17 bits per heavy atom. The first-order valence-corrected chi connectivity index (χ1v) is 10.00. The average molecular weight is 401 g/mol.